The van der Waals surface area contributed by atoms with Gasteiger partial charge in [-0.05, 0) is 18.6 Å². The van der Waals surface area contributed by atoms with E-state index in [1.807, 2.05) is 54.6 Å². The van der Waals surface area contributed by atoms with E-state index < -0.39 is 0 Å². The highest BCUT2D eigenvalue weighted by Crippen LogP contribution is 2.34. The summed E-state index contributed by atoms with van der Waals surface area (Å²) in [5, 5.41) is 16.8. The molecule has 1 saturated heterocycles. The van der Waals surface area contributed by atoms with E-state index in [1.54, 1.807) is 6.07 Å². The normalized spacial score (nSPS) is 13.4. The molecular weight excluding hydrogens is 486 g/mol. The van der Waals surface area contributed by atoms with Gasteiger partial charge in [-0.15, -0.1) is 10.2 Å². The van der Waals surface area contributed by atoms with Gasteiger partial charge in [0.2, 0.25) is 5.13 Å². The molecule has 37 heavy (non-hydrogen) atoms. The molecule has 0 unspecified atom stereocenters. The number of aromatic nitrogens is 4. The Labute approximate surface area is 220 Å². The number of carbonyl (C=O) groups is 1. The van der Waals surface area contributed by atoms with E-state index in [-0.39, 0.29) is 11.6 Å². The molecule has 5 rings (SSSR count). The van der Waals surface area contributed by atoms with Crippen molar-refractivity contribution in [1.29, 1.82) is 0 Å². The van der Waals surface area contributed by atoms with Crippen LogP contribution in [0.5, 0.6) is 0 Å². The van der Waals surface area contributed by atoms with Crippen LogP contribution in [0.3, 0.4) is 0 Å². The van der Waals surface area contributed by atoms with Gasteiger partial charge in [0.15, 0.2) is 10.8 Å². The predicted octanol–water partition coefficient (Wildman–Crippen LogP) is 4.96. The van der Waals surface area contributed by atoms with Gasteiger partial charge in [-0.25, -0.2) is 9.97 Å². The number of nitrogens with one attached hydrogen (secondary N) is 2. The highest BCUT2D eigenvalue weighted by molar-refractivity contribution is 7.18. The van der Waals surface area contributed by atoms with E-state index in [1.165, 1.54) is 11.3 Å². The lowest BCUT2D eigenvalue weighted by Gasteiger charge is -2.25. The Balaban J connectivity index is 1.41. The minimum absolute atomic E-state index is 0.286. The smallest absolute Gasteiger partial charge is 0.274 e. The zero-order valence-electron chi connectivity index (χ0n) is 20.7. The number of morpholine rings is 1. The molecule has 2 N–H and O–H groups in total. The first-order chi connectivity index (χ1) is 18.2. The second-order valence-corrected chi connectivity index (χ2v) is 9.55. The number of anilines is 3. The summed E-state index contributed by atoms with van der Waals surface area (Å²) >= 11 is 1.50. The Bertz CT molecular complexity index is 1340. The van der Waals surface area contributed by atoms with Crippen LogP contribution in [0.1, 0.15) is 30.3 Å². The fourth-order valence-electron chi connectivity index (χ4n) is 3.94. The zero-order valence-corrected chi connectivity index (χ0v) is 21.5. The Kier molecular flexibility index (Phi) is 7.97. The van der Waals surface area contributed by atoms with E-state index in [2.05, 4.69) is 42.6 Å². The van der Waals surface area contributed by atoms with Crippen LogP contribution in [0, 0.1) is 0 Å². The molecule has 1 aliphatic rings. The molecule has 0 aliphatic carbocycles. The van der Waals surface area contributed by atoms with Crippen molar-refractivity contribution >= 4 is 33.9 Å². The third kappa shape index (κ3) is 6.10. The topological polar surface area (TPSA) is 105 Å². The molecule has 2 aromatic carbocycles. The Morgan fingerprint density at radius 3 is 2.62 bits per heavy atom. The second kappa shape index (κ2) is 11.9. The highest BCUT2D eigenvalue weighted by atomic mass is 32.1. The van der Waals surface area contributed by atoms with Gasteiger partial charge >= 0.3 is 0 Å². The molecule has 3 heterocycles. The maximum atomic E-state index is 13.4. The summed E-state index contributed by atoms with van der Waals surface area (Å²) in [5.74, 6) is 0.809. The Morgan fingerprint density at radius 2 is 1.81 bits per heavy atom. The molecule has 9 nitrogen and oxygen atoms in total. The van der Waals surface area contributed by atoms with Gasteiger partial charge in [0.1, 0.15) is 11.5 Å². The van der Waals surface area contributed by atoms with Crippen LogP contribution in [-0.2, 0) is 4.74 Å². The number of hydrogen-bond acceptors (Lipinski definition) is 9. The van der Waals surface area contributed by atoms with E-state index in [0.717, 1.165) is 53.7 Å². The average molecular weight is 516 g/mol. The number of amides is 1. The van der Waals surface area contributed by atoms with Gasteiger partial charge < -0.3 is 20.3 Å². The number of ether oxygens (including phenoxy) is 1. The number of nitrogens with zero attached hydrogens (tertiary/aromatic N) is 5. The van der Waals surface area contributed by atoms with Crippen molar-refractivity contribution in [3.63, 3.8) is 0 Å². The van der Waals surface area contributed by atoms with Crippen LogP contribution in [0.15, 0.2) is 60.7 Å². The maximum Gasteiger partial charge on any atom is 0.274 e. The minimum Gasteiger partial charge on any atom is -0.378 e. The monoisotopic (exact) mass is 515 g/mol. The van der Waals surface area contributed by atoms with E-state index in [4.69, 9.17) is 4.74 Å². The summed E-state index contributed by atoms with van der Waals surface area (Å²) in [4.78, 5) is 24.8. The Morgan fingerprint density at radius 1 is 1.03 bits per heavy atom. The van der Waals surface area contributed by atoms with Gasteiger partial charge in [-0.3, -0.25) is 4.79 Å². The molecule has 0 radical (unpaired) electrons. The third-order valence-corrected chi connectivity index (χ3v) is 6.95. The van der Waals surface area contributed by atoms with Crippen LogP contribution < -0.4 is 15.5 Å². The van der Waals surface area contributed by atoms with Crippen molar-refractivity contribution in [3.8, 4) is 22.0 Å². The minimum atomic E-state index is -0.316. The van der Waals surface area contributed by atoms with Crippen LogP contribution >= 0.6 is 11.3 Å². The molecule has 10 heteroatoms. The van der Waals surface area contributed by atoms with Crippen molar-refractivity contribution in [1.82, 2.24) is 20.2 Å². The highest BCUT2D eigenvalue weighted by Gasteiger charge is 2.19. The predicted molar refractivity (Wildman–Crippen MR) is 147 cm³/mol. The van der Waals surface area contributed by atoms with Gasteiger partial charge in [0, 0.05) is 36.8 Å². The van der Waals surface area contributed by atoms with Gasteiger partial charge in [-0.1, -0.05) is 67.1 Å². The molecule has 1 amide bonds. The lowest BCUT2D eigenvalue weighted by atomic mass is 10.1. The molecule has 190 valence electrons. The molecule has 0 spiro atoms. The number of benzene rings is 2. The summed E-state index contributed by atoms with van der Waals surface area (Å²) in [6.45, 7) is 5.85. The first kappa shape index (κ1) is 24.8. The maximum absolute atomic E-state index is 13.4. The van der Waals surface area contributed by atoms with Crippen molar-refractivity contribution in [2.75, 3.05) is 48.4 Å². The SMILES string of the molecule is CCCCNc1cc(C(=O)Nc2ccccc2-c2nnc(N3CCOCC3)s2)nc(-c2ccccc2)n1. The number of carbonyl (C=O) groups excluding carboxylic acids is 1. The van der Waals surface area contributed by atoms with Crippen molar-refractivity contribution in [3.05, 3.63) is 66.4 Å². The number of hydrogen-bond donors (Lipinski definition) is 2. The van der Waals surface area contributed by atoms with Crippen LogP contribution in [-0.4, -0.2) is 58.9 Å². The van der Waals surface area contributed by atoms with Gasteiger partial charge in [0.05, 0.1) is 18.9 Å². The van der Waals surface area contributed by atoms with Crippen molar-refractivity contribution < 1.29 is 9.53 Å². The van der Waals surface area contributed by atoms with Crippen LogP contribution in [0.4, 0.5) is 16.6 Å². The molecule has 4 aromatic rings. The summed E-state index contributed by atoms with van der Waals surface area (Å²) in [6, 6.07) is 19.0. The zero-order chi connectivity index (χ0) is 25.5. The fourth-order valence-corrected chi connectivity index (χ4v) is 4.87. The van der Waals surface area contributed by atoms with Crippen LogP contribution in [0.2, 0.25) is 0 Å². The molecule has 1 fully saturated rings. The molecule has 1 aliphatic heterocycles. The van der Waals surface area contributed by atoms with E-state index in [9.17, 15) is 4.79 Å². The van der Waals surface area contributed by atoms with Gasteiger partial charge in [-0.2, -0.15) is 0 Å². The van der Waals surface area contributed by atoms with Gasteiger partial charge in [0.25, 0.3) is 5.91 Å². The third-order valence-electron chi connectivity index (χ3n) is 5.93. The summed E-state index contributed by atoms with van der Waals surface area (Å²) in [5.41, 5.74) is 2.60. The van der Waals surface area contributed by atoms with E-state index >= 15 is 0 Å². The van der Waals surface area contributed by atoms with Crippen LogP contribution in [0.25, 0.3) is 22.0 Å². The largest absolute Gasteiger partial charge is 0.378 e. The summed E-state index contributed by atoms with van der Waals surface area (Å²) in [6.07, 6.45) is 2.07. The van der Waals surface area contributed by atoms with E-state index in [0.29, 0.717) is 30.5 Å². The lowest BCUT2D eigenvalue weighted by Crippen LogP contribution is -2.36. The first-order valence-corrected chi connectivity index (χ1v) is 13.3. The molecule has 2 aromatic heterocycles. The standard InChI is InChI=1S/C27H29N7O2S/c1-2-3-13-28-23-18-22(29-24(31-23)19-9-5-4-6-10-19)25(35)30-21-12-8-7-11-20(21)26-32-33-27(37-26)34-14-16-36-17-15-34/h4-12,18H,2-3,13-17H2,1H3,(H,30,35)(H,28,29,31). The molecular formula is C27H29N7O2S. The summed E-state index contributed by atoms with van der Waals surface area (Å²) in [7, 11) is 0. The molecule has 0 saturated carbocycles. The quantitative estimate of drug-likeness (QED) is 0.301. The Hall–Kier alpha value is -3.89. The lowest BCUT2D eigenvalue weighted by molar-refractivity contribution is 0.102. The van der Waals surface area contributed by atoms with Crippen molar-refractivity contribution in [2.45, 2.75) is 19.8 Å². The fraction of sp³-hybridized carbons (Fsp3) is 0.296. The molecule has 0 atom stereocenters. The number of unbranched alkanes of at least 4 members (excludes halogenated alkanes) is 1. The second-order valence-electron chi connectivity index (χ2n) is 8.60. The first-order valence-electron chi connectivity index (χ1n) is 12.5. The van der Waals surface area contributed by atoms with Crippen molar-refractivity contribution in [2.24, 2.45) is 0 Å². The molecule has 0 bridgehead atoms. The number of para-hydroxylation sites is 1. The summed E-state index contributed by atoms with van der Waals surface area (Å²) < 4.78 is 5.44. The average Bonchev–Trinajstić information content (AvgIpc) is 3.45. The number of rotatable bonds is 9.